The molecule has 150 valence electrons. The second kappa shape index (κ2) is 11.1. The van der Waals surface area contributed by atoms with Gasteiger partial charge in [0.05, 0.1) is 25.1 Å². The van der Waals surface area contributed by atoms with Crippen LogP contribution in [-0.2, 0) is 4.74 Å². The van der Waals surface area contributed by atoms with Gasteiger partial charge in [0.15, 0.2) is 0 Å². The Hall–Kier alpha value is -1.81. The number of nitrogens with two attached hydrogens (primary N) is 1. The van der Waals surface area contributed by atoms with Crippen LogP contribution < -0.4 is 11.1 Å². The average Bonchev–Trinajstić information content (AvgIpc) is 2.65. The van der Waals surface area contributed by atoms with Crippen molar-refractivity contribution in [3.05, 3.63) is 23.9 Å². The van der Waals surface area contributed by atoms with E-state index in [2.05, 4.69) is 45.1 Å². The molecule has 0 aromatic rings. The lowest BCUT2D eigenvalue weighted by atomic mass is 9.99. The lowest BCUT2D eigenvalue weighted by Gasteiger charge is -2.44. The Balaban J connectivity index is 1.93. The number of nitrogens with zero attached hydrogens (tertiary/aromatic N) is 3. The van der Waals surface area contributed by atoms with Gasteiger partial charge in [0, 0.05) is 50.3 Å². The third kappa shape index (κ3) is 6.39. The van der Waals surface area contributed by atoms with Crippen LogP contribution >= 0.6 is 0 Å². The molecule has 0 aliphatic carbocycles. The van der Waals surface area contributed by atoms with E-state index in [9.17, 15) is 0 Å². The van der Waals surface area contributed by atoms with Crippen molar-refractivity contribution in [2.45, 2.75) is 39.3 Å². The zero-order valence-electron chi connectivity index (χ0n) is 17.0. The first-order chi connectivity index (χ1) is 13.1. The highest BCUT2D eigenvalue weighted by Gasteiger charge is 2.31. The van der Waals surface area contributed by atoms with E-state index in [4.69, 9.17) is 16.9 Å². The van der Waals surface area contributed by atoms with Crippen molar-refractivity contribution in [3.8, 4) is 12.3 Å². The Morgan fingerprint density at radius 3 is 2.59 bits per heavy atom. The van der Waals surface area contributed by atoms with Gasteiger partial charge in [0.1, 0.15) is 6.67 Å². The van der Waals surface area contributed by atoms with E-state index in [1.165, 1.54) is 0 Å². The van der Waals surface area contributed by atoms with Crippen LogP contribution in [0.25, 0.3) is 0 Å². The SMILES string of the molecule is C#CC(C)C(/C=C\C(=C/C)NC/N=C(\N)CC)N1CCN(C2COC2)CC1. The van der Waals surface area contributed by atoms with Crippen molar-refractivity contribution in [2.75, 3.05) is 46.1 Å². The number of hydrogen-bond donors (Lipinski definition) is 2. The van der Waals surface area contributed by atoms with Crippen LogP contribution in [0.3, 0.4) is 0 Å². The third-order valence-electron chi connectivity index (χ3n) is 5.39. The molecule has 2 atom stereocenters. The van der Waals surface area contributed by atoms with E-state index in [0.717, 1.165) is 51.5 Å². The first-order valence-electron chi connectivity index (χ1n) is 9.98. The molecule has 2 fully saturated rings. The van der Waals surface area contributed by atoms with Crippen LogP contribution in [-0.4, -0.2) is 73.8 Å². The van der Waals surface area contributed by atoms with Gasteiger partial charge in [-0.15, -0.1) is 12.3 Å². The van der Waals surface area contributed by atoms with Crippen molar-refractivity contribution in [1.82, 2.24) is 15.1 Å². The molecule has 0 aromatic carbocycles. The molecule has 0 saturated carbocycles. The minimum atomic E-state index is 0.159. The number of aliphatic imine (C=N–C) groups is 1. The molecular formula is C21H35N5O. The van der Waals surface area contributed by atoms with Crippen LogP contribution in [0.1, 0.15) is 27.2 Å². The Morgan fingerprint density at radius 1 is 1.37 bits per heavy atom. The Kier molecular flexibility index (Phi) is 8.86. The van der Waals surface area contributed by atoms with Gasteiger partial charge in [-0.3, -0.25) is 14.8 Å². The van der Waals surface area contributed by atoms with Crippen LogP contribution in [0.2, 0.25) is 0 Å². The number of rotatable bonds is 9. The summed E-state index contributed by atoms with van der Waals surface area (Å²) < 4.78 is 5.33. The van der Waals surface area contributed by atoms with E-state index in [1.807, 2.05) is 19.9 Å². The second-order valence-corrected chi connectivity index (χ2v) is 7.15. The van der Waals surface area contributed by atoms with Gasteiger partial charge in [0.25, 0.3) is 0 Å². The molecule has 6 nitrogen and oxygen atoms in total. The molecule has 0 aromatic heterocycles. The molecule has 27 heavy (non-hydrogen) atoms. The van der Waals surface area contributed by atoms with Crippen LogP contribution in [0.5, 0.6) is 0 Å². The van der Waals surface area contributed by atoms with Gasteiger partial charge < -0.3 is 15.8 Å². The number of terminal acetylenes is 1. The van der Waals surface area contributed by atoms with Crippen molar-refractivity contribution in [2.24, 2.45) is 16.6 Å². The molecular weight excluding hydrogens is 338 g/mol. The average molecular weight is 374 g/mol. The number of amidine groups is 1. The van der Waals surface area contributed by atoms with Crippen LogP contribution in [0, 0.1) is 18.3 Å². The molecule has 2 heterocycles. The summed E-state index contributed by atoms with van der Waals surface area (Å²) in [4.78, 5) is 9.32. The van der Waals surface area contributed by atoms with E-state index in [0.29, 0.717) is 18.5 Å². The summed E-state index contributed by atoms with van der Waals surface area (Å²) in [7, 11) is 0. The van der Waals surface area contributed by atoms with Crippen molar-refractivity contribution in [3.63, 3.8) is 0 Å². The fraction of sp³-hybridized carbons (Fsp3) is 0.667. The van der Waals surface area contributed by atoms with Gasteiger partial charge >= 0.3 is 0 Å². The molecule has 0 amide bonds. The Bertz CT molecular complexity index is 580. The van der Waals surface area contributed by atoms with E-state index in [1.54, 1.807) is 0 Å². The molecule has 6 heteroatoms. The number of ether oxygens (including phenoxy) is 1. The molecule has 0 bridgehead atoms. The van der Waals surface area contributed by atoms with Gasteiger partial charge in [0.2, 0.25) is 0 Å². The number of allylic oxidation sites excluding steroid dienone is 2. The summed E-state index contributed by atoms with van der Waals surface area (Å²) >= 11 is 0. The molecule has 2 aliphatic rings. The topological polar surface area (TPSA) is 66.1 Å². The highest BCUT2D eigenvalue weighted by Crippen LogP contribution is 2.19. The zero-order chi connectivity index (χ0) is 19.6. The Morgan fingerprint density at radius 2 is 2.07 bits per heavy atom. The number of hydrogen-bond acceptors (Lipinski definition) is 5. The van der Waals surface area contributed by atoms with Gasteiger partial charge in [-0.05, 0) is 19.9 Å². The minimum Gasteiger partial charge on any atom is -0.387 e. The van der Waals surface area contributed by atoms with E-state index < -0.39 is 0 Å². The fourth-order valence-electron chi connectivity index (χ4n) is 3.34. The first-order valence-corrected chi connectivity index (χ1v) is 9.98. The predicted molar refractivity (Wildman–Crippen MR) is 112 cm³/mol. The summed E-state index contributed by atoms with van der Waals surface area (Å²) in [5.74, 6) is 3.74. The summed E-state index contributed by atoms with van der Waals surface area (Å²) in [6.07, 6.45) is 12.9. The minimum absolute atomic E-state index is 0.159. The normalized spacial score (nSPS) is 23.0. The third-order valence-corrected chi connectivity index (χ3v) is 5.39. The highest BCUT2D eigenvalue weighted by molar-refractivity contribution is 5.79. The maximum absolute atomic E-state index is 5.76. The smallest absolute Gasteiger partial charge is 0.109 e. The lowest BCUT2D eigenvalue weighted by molar-refractivity contribution is -0.0791. The summed E-state index contributed by atoms with van der Waals surface area (Å²) in [5.41, 5.74) is 6.79. The molecule has 0 radical (unpaired) electrons. The summed E-state index contributed by atoms with van der Waals surface area (Å²) in [6.45, 7) is 12.6. The zero-order valence-corrected chi connectivity index (χ0v) is 17.0. The second-order valence-electron chi connectivity index (χ2n) is 7.15. The highest BCUT2D eigenvalue weighted by atomic mass is 16.5. The summed E-state index contributed by atoms with van der Waals surface area (Å²) in [6, 6.07) is 0.844. The Labute approximate surface area is 164 Å². The molecule has 2 aliphatic heterocycles. The predicted octanol–water partition coefficient (Wildman–Crippen LogP) is 1.42. The maximum atomic E-state index is 5.76. The van der Waals surface area contributed by atoms with Crippen LogP contribution in [0.4, 0.5) is 0 Å². The van der Waals surface area contributed by atoms with Gasteiger partial charge in [-0.25, -0.2) is 0 Å². The standard InChI is InChI=1S/C21H35N5O/c1-5-17(4)20(9-8-18(6-2)23-16-24-21(22)7-3)26-12-10-25(11-13-26)19-14-27-15-19/h1,6,8-9,17,19-20,23H,7,10-16H2,2-4H3,(H2,22,24)/b9-8-,18-6+. The van der Waals surface area contributed by atoms with Crippen molar-refractivity contribution < 1.29 is 4.74 Å². The molecule has 2 saturated heterocycles. The fourth-order valence-corrected chi connectivity index (χ4v) is 3.34. The monoisotopic (exact) mass is 373 g/mol. The van der Waals surface area contributed by atoms with E-state index in [-0.39, 0.29) is 12.0 Å². The van der Waals surface area contributed by atoms with Crippen molar-refractivity contribution in [1.29, 1.82) is 0 Å². The van der Waals surface area contributed by atoms with Crippen LogP contribution in [0.15, 0.2) is 28.9 Å². The first kappa shape index (κ1) is 21.5. The van der Waals surface area contributed by atoms with Gasteiger partial charge in [-0.2, -0.15) is 0 Å². The molecule has 2 unspecified atom stereocenters. The lowest BCUT2D eigenvalue weighted by Crippen LogP contribution is -2.58. The largest absolute Gasteiger partial charge is 0.387 e. The molecule has 2 rings (SSSR count). The van der Waals surface area contributed by atoms with E-state index >= 15 is 0 Å². The quantitative estimate of drug-likeness (QED) is 0.277. The molecule has 0 spiro atoms. The molecule has 3 N–H and O–H groups in total. The van der Waals surface area contributed by atoms with Crippen molar-refractivity contribution >= 4 is 5.84 Å². The number of nitrogens with one attached hydrogen (secondary N) is 1. The maximum Gasteiger partial charge on any atom is 0.109 e. The summed E-state index contributed by atoms with van der Waals surface area (Å²) in [5, 5.41) is 3.30. The van der Waals surface area contributed by atoms with Gasteiger partial charge in [-0.1, -0.05) is 19.1 Å². The number of piperazine rings is 1.